The van der Waals surface area contributed by atoms with Gasteiger partial charge in [0, 0.05) is 0 Å². The van der Waals surface area contributed by atoms with E-state index in [0.717, 1.165) is 5.56 Å². The van der Waals surface area contributed by atoms with Gasteiger partial charge in [-0.2, -0.15) is 0 Å². The van der Waals surface area contributed by atoms with Crippen molar-refractivity contribution in [3.05, 3.63) is 40.7 Å². The van der Waals surface area contributed by atoms with Crippen molar-refractivity contribution in [3.8, 4) is 0 Å². The van der Waals surface area contributed by atoms with Gasteiger partial charge in [0.25, 0.3) is 0 Å². The third-order valence-corrected chi connectivity index (χ3v) is 6.08. The average molecular weight is 306 g/mol. The lowest BCUT2D eigenvalue weighted by molar-refractivity contribution is 1.65. The molecule has 0 heterocycles. The zero-order valence-electron chi connectivity index (χ0n) is 6.75. The molecule has 0 aliphatic rings. The average Bonchev–Trinajstić information content (AvgIpc) is 2.15. The summed E-state index contributed by atoms with van der Waals surface area (Å²) in [6.07, 6.45) is 0. The van der Waals surface area contributed by atoms with Gasteiger partial charge in [-0.15, -0.1) is 0 Å². The summed E-state index contributed by atoms with van der Waals surface area (Å²) < 4.78 is -2.53. The molecule has 6 heteroatoms. The monoisotopic (exact) mass is 304 g/mol. The standard InChI is InChI=1S/C8H5Cl4PS/c9-7(8(10)13(11,12)14)6-4-2-1-3-5-6/h1-5H/b8-7-. The van der Waals surface area contributed by atoms with Crippen LogP contribution in [0.2, 0.25) is 0 Å². The molecule has 1 aromatic carbocycles. The lowest BCUT2D eigenvalue weighted by Gasteiger charge is -2.06. The molecule has 0 fully saturated rings. The number of benzene rings is 1. The molecule has 0 saturated carbocycles. The number of hydrogen-bond acceptors (Lipinski definition) is 1. The van der Waals surface area contributed by atoms with Crippen molar-refractivity contribution >= 4 is 67.3 Å². The lowest BCUT2D eigenvalue weighted by Crippen LogP contribution is -1.77. The van der Waals surface area contributed by atoms with Crippen LogP contribution >= 0.6 is 50.4 Å². The van der Waals surface area contributed by atoms with E-state index in [0.29, 0.717) is 5.03 Å². The summed E-state index contributed by atoms with van der Waals surface area (Å²) in [5.74, 6) is 0. The Morgan fingerprint density at radius 2 is 1.57 bits per heavy atom. The van der Waals surface area contributed by atoms with Crippen LogP contribution in [0.5, 0.6) is 0 Å². The molecular formula is C8H5Cl4PS. The zero-order chi connectivity index (χ0) is 10.8. The Kier molecular flexibility index (Phi) is 4.77. The fraction of sp³-hybridized carbons (Fsp3) is 0. The number of halogens is 4. The van der Waals surface area contributed by atoms with Crippen LogP contribution < -0.4 is 0 Å². The molecular weight excluding hydrogens is 301 g/mol. The molecule has 76 valence electrons. The maximum Gasteiger partial charge on any atom is 0.159 e. The molecule has 0 aromatic heterocycles. The molecule has 0 nitrogen and oxygen atoms in total. The van der Waals surface area contributed by atoms with Crippen LogP contribution in [0, 0.1) is 0 Å². The van der Waals surface area contributed by atoms with Crippen LogP contribution in [0.4, 0.5) is 0 Å². The summed E-state index contributed by atoms with van der Waals surface area (Å²) in [5.41, 5.74) is 0.759. The third-order valence-electron chi connectivity index (χ3n) is 1.44. The van der Waals surface area contributed by atoms with Gasteiger partial charge in [0.2, 0.25) is 0 Å². The Morgan fingerprint density at radius 3 is 2.00 bits per heavy atom. The summed E-state index contributed by atoms with van der Waals surface area (Å²) in [6, 6.07) is 9.17. The van der Waals surface area contributed by atoms with Gasteiger partial charge in [0.05, 0.1) is 9.81 Å². The first-order valence-corrected chi connectivity index (χ1v) is 8.90. The van der Waals surface area contributed by atoms with Crippen LogP contribution in [0.15, 0.2) is 35.1 Å². The molecule has 14 heavy (non-hydrogen) atoms. The first kappa shape index (κ1) is 12.8. The molecule has 0 aliphatic heterocycles. The second-order valence-electron chi connectivity index (χ2n) is 2.43. The van der Waals surface area contributed by atoms with E-state index in [4.69, 9.17) is 57.5 Å². The van der Waals surface area contributed by atoms with Crippen molar-refractivity contribution < 1.29 is 0 Å². The lowest BCUT2D eigenvalue weighted by atomic mass is 10.2. The van der Waals surface area contributed by atoms with E-state index in [1.165, 1.54) is 0 Å². The van der Waals surface area contributed by atoms with Crippen LogP contribution in [0.25, 0.3) is 5.03 Å². The van der Waals surface area contributed by atoms with E-state index in [2.05, 4.69) is 0 Å². The number of rotatable bonds is 2. The van der Waals surface area contributed by atoms with Gasteiger partial charge in [-0.05, 0) is 5.56 Å². The summed E-state index contributed by atoms with van der Waals surface area (Å²) in [6.45, 7) is 0. The molecule has 0 saturated heterocycles. The molecule has 0 unspecified atom stereocenters. The Labute approximate surface area is 107 Å². The van der Waals surface area contributed by atoms with Gasteiger partial charge in [-0.1, -0.05) is 87.8 Å². The largest absolute Gasteiger partial charge is 0.159 e. The van der Waals surface area contributed by atoms with Gasteiger partial charge in [0.1, 0.15) is 0 Å². The minimum Gasteiger partial charge on any atom is -0.0819 e. The second kappa shape index (κ2) is 5.21. The van der Waals surface area contributed by atoms with E-state index in [1.54, 1.807) is 0 Å². The summed E-state index contributed by atoms with van der Waals surface area (Å²) in [5, 5.41) is 0.320. The maximum atomic E-state index is 5.98. The van der Waals surface area contributed by atoms with Crippen LogP contribution in [-0.4, -0.2) is 0 Å². The summed E-state index contributed by atoms with van der Waals surface area (Å²) in [4.78, 5) is 0. The highest BCUT2D eigenvalue weighted by atomic mass is 35.9. The molecule has 0 spiro atoms. The highest BCUT2D eigenvalue weighted by Crippen LogP contribution is 2.67. The predicted molar refractivity (Wildman–Crippen MR) is 71.1 cm³/mol. The fourth-order valence-electron chi connectivity index (χ4n) is 0.818. The van der Waals surface area contributed by atoms with Crippen LogP contribution in [0.1, 0.15) is 5.56 Å². The maximum absolute atomic E-state index is 5.98. The van der Waals surface area contributed by atoms with Crippen LogP contribution in [0.3, 0.4) is 0 Å². The van der Waals surface area contributed by atoms with Crippen molar-refractivity contribution in [3.63, 3.8) is 0 Å². The van der Waals surface area contributed by atoms with E-state index < -0.39 is 4.74 Å². The third kappa shape index (κ3) is 3.41. The van der Waals surface area contributed by atoms with E-state index >= 15 is 0 Å². The molecule has 0 bridgehead atoms. The van der Waals surface area contributed by atoms with Gasteiger partial charge >= 0.3 is 0 Å². The Morgan fingerprint density at radius 1 is 1.07 bits per heavy atom. The van der Waals surface area contributed by atoms with E-state index in [1.807, 2.05) is 30.3 Å². The van der Waals surface area contributed by atoms with Crippen molar-refractivity contribution in [2.75, 3.05) is 0 Å². The molecule has 0 amide bonds. The summed E-state index contributed by atoms with van der Waals surface area (Å²) >= 11 is 28.2. The minimum absolute atomic E-state index is 0.156. The first-order chi connectivity index (χ1) is 6.43. The van der Waals surface area contributed by atoms with Gasteiger partial charge in [0.15, 0.2) is 4.74 Å². The molecule has 1 rings (SSSR count). The fourth-order valence-corrected chi connectivity index (χ4v) is 2.98. The molecule has 0 aliphatic carbocycles. The minimum atomic E-state index is -2.69. The van der Waals surface area contributed by atoms with Crippen molar-refractivity contribution in [1.29, 1.82) is 0 Å². The van der Waals surface area contributed by atoms with Crippen molar-refractivity contribution in [2.24, 2.45) is 0 Å². The highest BCUT2D eigenvalue weighted by molar-refractivity contribution is 8.41. The number of hydrogen-bond donors (Lipinski definition) is 0. The highest BCUT2D eigenvalue weighted by Gasteiger charge is 2.18. The van der Waals surface area contributed by atoms with E-state index in [-0.39, 0.29) is 4.77 Å². The first-order valence-electron chi connectivity index (χ1n) is 3.53. The summed E-state index contributed by atoms with van der Waals surface area (Å²) in [7, 11) is 0. The smallest absolute Gasteiger partial charge is 0.0819 e. The Bertz CT molecular complexity index is 395. The molecule has 0 radical (unpaired) electrons. The zero-order valence-corrected chi connectivity index (χ0v) is 11.5. The molecule has 1 aromatic rings. The normalized spacial score (nSPS) is 13.7. The van der Waals surface area contributed by atoms with Crippen molar-refractivity contribution in [2.45, 2.75) is 0 Å². The second-order valence-corrected chi connectivity index (χ2v) is 11.2. The van der Waals surface area contributed by atoms with Crippen LogP contribution in [-0.2, 0) is 11.8 Å². The van der Waals surface area contributed by atoms with Gasteiger partial charge in [-0.3, -0.25) is 0 Å². The van der Waals surface area contributed by atoms with E-state index in [9.17, 15) is 0 Å². The molecule has 0 atom stereocenters. The van der Waals surface area contributed by atoms with Gasteiger partial charge < -0.3 is 0 Å². The predicted octanol–water partition coefficient (Wildman–Crippen LogP) is 5.58. The SMILES string of the molecule is S=P(Cl)(Cl)/C(Cl)=C(\Cl)c1ccccc1. The van der Waals surface area contributed by atoms with Crippen molar-refractivity contribution in [1.82, 2.24) is 0 Å². The quantitative estimate of drug-likeness (QED) is 0.643. The van der Waals surface area contributed by atoms with Gasteiger partial charge in [-0.25, -0.2) is 0 Å². The molecule has 0 N–H and O–H groups in total. The Balaban J connectivity index is 3.19. The Hall–Kier alpha value is 0.770. The topological polar surface area (TPSA) is 0 Å².